The van der Waals surface area contributed by atoms with E-state index in [1.807, 2.05) is 0 Å². The molecule has 4 aromatic rings. The van der Waals surface area contributed by atoms with Crippen molar-refractivity contribution in [3.63, 3.8) is 0 Å². The smallest absolute Gasteiger partial charge is 0.482 e. The molecule has 44 heavy (non-hydrogen) atoms. The van der Waals surface area contributed by atoms with Gasteiger partial charge in [-0.15, -0.1) is 0 Å². The summed E-state index contributed by atoms with van der Waals surface area (Å²) in [6, 6.07) is 12.9. The van der Waals surface area contributed by atoms with Crippen LogP contribution in [0.2, 0.25) is 5.15 Å². The molecule has 1 aliphatic rings. The molecule has 220 valence electrons. The van der Waals surface area contributed by atoms with Gasteiger partial charge in [-0.2, -0.15) is 5.10 Å². The highest BCUT2D eigenvalue weighted by molar-refractivity contribution is 6.58. The predicted octanol–water partition coefficient (Wildman–Crippen LogP) is 3.06. The van der Waals surface area contributed by atoms with Gasteiger partial charge in [0, 0.05) is 60.4 Å². The van der Waals surface area contributed by atoms with Crippen LogP contribution >= 0.6 is 11.6 Å². The topological polar surface area (TPSA) is 131 Å². The molecule has 5 rings (SSSR count). The molecule has 14 heteroatoms. The molecular weight excluding hydrogens is 579 g/mol. The van der Waals surface area contributed by atoms with Crippen LogP contribution in [0.3, 0.4) is 0 Å². The number of benzene rings is 2. The second kappa shape index (κ2) is 12.5. The Hall–Kier alpha value is -4.06. The van der Waals surface area contributed by atoms with E-state index in [-0.39, 0.29) is 11.6 Å². The lowest BCUT2D eigenvalue weighted by Gasteiger charge is -2.26. The third kappa shape index (κ3) is 6.40. The maximum absolute atomic E-state index is 14.6. The Bertz CT molecular complexity index is 1760. The van der Waals surface area contributed by atoms with Crippen LogP contribution in [0, 0.1) is 5.82 Å². The zero-order chi connectivity index (χ0) is 31.8. The number of aromatic nitrogens is 3. The van der Waals surface area contributed by atoms with E-state index in [0.29, 0.717) is 62.8 Å². The molecule has 0 spiro atoms. The minimum Gasteiger partial charge on any atom is -0.482 e. The van der Waals surface area contributed by atoms with Crippen molar-refractivity contribution in [3.8, 4) is 17.0 Å². The quantitative estimate of drug-likeness (QED) is 0.196. The molecule has 0 saturated carbocycles. The highest BCUT2D eigenvalue weighted by Crippen LogP contribution is 2.40. The fourth-order valence-electron chi connectivity index (χ4n) is 5.11. The number of nitrogens with one attached hydrogen (secondary N) is 1. The first-order valence-corrected chi connectivity index (χ1v) is 14.2. The summed E-state index contributed by atoms with van der Waals surface area (Å²) in [6.45, 7) is 3.74. The lowest BCUT2D eigenvalue weighted by Crippen LogP contribution is -2.32. The maximum Gasteiger partial charge on any atom is 0.488 e. The van der Waals surface area contributed by atoms with E-state index in [0.717, 1.165) is 5.56 Å². The van der Waals surface area contributed by atoms with Crippen molar-refractivity contribution in [2.75, 3.05) is 12.4 Å². The van der Waals surface area contributed by atoms with Crippen molar-refractivity contribution >= 4 is 57.6 Å². The average Bonchev–Trinajstić information content (AvgIpc) is 3.31. The van der Waals surface area contributed by atoms with E-state index >= 15 is 0 Å². The third-order valence-electron chi connectivity index (χ3n) is 7.30. The molecule has 0 amide bonds. The van der Waals surface area contributed by atoms with Crippen molar-refractivity contribution in [2.24, 2.45) is 10.7 Å². The van der Waals surface area contributed by atoms with Crippen LogP contribution in [0.4, 0.5) is 10.2 Å². The molecular formula is C30H29B3ClFN6O3. The van der Waals surface area contributed by atoms with Gasteiger partial charge in [0.2, 0.25) is 0 Å². The summed E-state index contributed by atoms with van der Waals surface area (Å²) in [6.07, 6.45) is 2.81. The molecule has 1 atom stereocenters. The van der Waals surface area contributed by atoms with Crippen LogP contribution in [0.1, 0.15) is 42.2 Å². The van der Waals surface area contributed by atoms with Crippen LogP contribution in [0.5, 0.6) is 5.75 Å². The monoisotopic (exact) mass is 608 g/mol. The van der Waals surface area contributed by atoms with Crippen LogP contribution in [0.15, 0.2) is 65.3 Å². The van der Waals surface area contributed by atoms with Crippen molar-refractivity contribution in [1.29, 1.82) is 0 Å². The number of hydrogen-bond acceptors (Lipinski definition) is 8. The van der Waals surface area contributed by atoms with E-state index in [1.165, 1.54) is 16.8 Å². The molecule has 9 nitrogen and oxygen atoms in total. The van der Waals surface area contributed by atoms with Crippen molar-refractivity contribution in [3.05, 3.63) is 93.5 Å². The predicted molar refractivity (Wildman–Crippen MR) is 174 cm³/mol. The number of fused-ring (bicyclic) bond motifs is 5. The molecule has 2 bridgehead atoms. The molecule has 0 unspecified atom stereocenters. The minimum atomic E-state index is -1.56. The molecule has 0 fully saturated rings. The van der Waals surface area contributed by atoms with Gasteiger partial charge in [-0.3, -0.25) is 9.67 Å². The number of allylic oxidation sites excluding steroid dienone is 1. The lowest BCUT2D eigenvalue weighted by molar-refractivity contribution is 0.226. The molecule has 4 radical (unpaired) electrons. The minimum absolute atomic E-state index is 0.169. The van der Waals surface area contributed by atoms with Gasteiger partial charge in [0.25, 0.3) is 0 Å². The Balaban J connectivity index is 1.69. The number of hydrogen-bond donors (Lipinski definition) is 4. The van der Waals surface area contributed by atoms with E-state index in [1.54, 1.807) is 69.7 Å². The number of nitrogens with two attached hydrogens (primary N) is 1. The summed E-state index contributed by atoms with van der Waals surface area (Å²) in [5.74, 6) is 0.325. The molecule has 5 N–H and O–H groups in total. The van der Waals surface area contributed by atoms with Gasteiger partial charge < -0.3 is 25.8 Å². The zero-order valence-electron chi connectivity index (χ0n) is 24.4. The van der Waals surface area contributed by atoms with Gasteiger partial charge in [0.05, 0.1) is 21.4 Å². The largest absolute Gasteiger partial charge is 0.488 e. The van der Waals surface area contributed by atoms with Crippen molar-refractivity contribution in [2.45, 2.75) is 38.3 Å². The number of rotatable bonds is 6. The second-order valence-electron chi connectivity index (χ2n) is 10.8. The van der Waals surface area contributed by atoms with Crippen molar-refractivity contribution in [1.82, 2.24) is 14.8 Å². The second-order valence-corrected chi connectivity index (χ2v) is 11.1. The highest BCUT2D eigenvalue weighted by atomic mass is 35.5. The van der Waals surface area contributed by atoms with Gasteiger partial charge in [0.15, 0.2) is 16.7 Å². The lowest BCUT2D eigenvalue weighted by atomic mass is 9.63. The summed E-state index contributed by atoms with van der Waals surface area (Å²) in [5.41, 5.74) is 11.8. The SMILES string of the molecule is [B]C([B])(C)n1nc(Cl)c2c1-c1cnc(NCc3ccc(B(O)O)cc3)c(c1)O[C@H](C)c1cc(F)ccc1/C(N)=C(/C=NC)C2. The summed E-state index contributed by atoms with van der Waals surface area (Å²) >= 11 is 6.71. The van der Waals surface area contributed by atoms with E-state index in [2.05, 4.69) is 20.4 Å². The first-order chi connectivity index (χ1) is 20.9. The first kappa shape index (κ1) is 31.4. The fraction of sp³-hybridized carbons (Fsp3) is 0.233. The van der Waals surface area contributed by atoms with Gasteiger partial charge in [-0.05, 0) is 53.1 Å². The third-order valence-corrected chi connectivity index (χ3v) is 7.60. The molecule has 1 aliphatic heterocycles. The summed E-state index contributed by atoms with van der Waals surface area (Å²) in [7, 11) is 12.7. The van der Waals surface area contributed by atoms with Crippen LogP contribution < -0.4 is 21.3 Å². The van der Waals surface area contributed by atoms with E-state index in [9.17, 15) is 14.4 Å². The Morgan fingerprint density at radius 2 is 1.98 bits per heavy atom. The zero-order valence-corrected chi connectivity index (χ0v) is 25.2. The van der Waals surface area contributed by atoms with Gasteiger partial charge in [-0.25, -0.2) is 9.37 Å². The van der Waals surface area contributed by atoms with E-state index in [4.69, 9.17) is 37.8 Å². The van der Waals surface area contributed by atoms with Crippen LogP contribution in [-0.2, 0) is 18.3 Å². The van der Waals surface area contributed by atoms with Crippen LogP contribution in [-0.4, -0.2) is 60.9 Å². The molecule has 2 aromatic carbocycles. The Morgan fingerprint density at radius 1 is 1.25 bits per heavy atom. The molecule has 3 heterocycles. The molecule has 0 aliphatic carbocycles. The maximum atomic E-state index is 14.6. The Labute approximate surface area is 263 Å². The van der Waals surface area contributed by atoms with Gasteiger partial charge in [-0.1, -0.05) is 42.8 Å². The number of nitrogens with zero attached hydrogens (tertiary/aromatic N) is 4. The van der Waals surface area contributed by atoms with Crippen molar-refractivity contribution < 1.29 is 19.2 Å². The first-order valence-electron chi connectivity index (χ1n) is 13.8. The number of aliphatic imine (C=N–C) groups is 1. The normalized spacial score (nSPS) is 16.8. The Morgan fingerprint density at radius 3 is 2.64 bits per heavy atom. The molecule has 2 aromatic heterocycles. The number of ether oxygens (including phenoxy) is 1. The van der Waals surface area contributed by atoms with Crippen LogP contribution in [0.25, 0.3) is 17.0 Å². The Kier molecular flexibility index (Phi) is 8.92. The van der Waals surface area contributed by atoms with E-state index < -0.39 is 24.4 Å². The number of halogens is 2. The summed E-state index contributed by atoms with van der Waals surface area (Å²) < 4.78 is 22.5. The highest BCUT2D eigenvalue weighted by Gasteiger charge is 2.28. The molecule has 0 saturated heterocycles. The fourth-order valence-corrected chi connectivity index (χ4v) is 5.35. The standard InChI is InChI=1S/C30H29B3ClFN6O3/c1-16-23-12-21(35)8-9-22(23)26(36)18(14-37-3)10-24-27(41(30(2,31)32)40-28(24)34)19-11-25(44-16)29(39-15-19)38-13-17-4-6-20(7-5-17)33(42)43/h4-9,11-12,14-16,42-43H,10,13,36H2,1-3H3,(H,38,39)/b26-18-,37-14?/t16-/m1/s1. The van der Waals surface area contributed by atoms with Gasteiger partial charge in [0.1, 0.15) is 11.9 Å². The number of pyridine rings is 1. The summed E-state index contributed by atoms with van der Waals surface area (Å²) in [4.78, 5) is 8.89. The summed E-state index contributed by atoms with van der Waals surface area (Å²) in [5, 5.41) is 25.3. The van der Waals surface area contributed by atoms with Gasteiger partial charge >= 0.3 is 7.12 Å². The number of anilines is 1. The average molecular weight is 608 g/mol.